The van der Waals surface area contributed by atoms with Gasteiger partial charge in [-0.25, -0.2) is 35.9 Å². The van der Waals surface area contributed by atoms with E-state index in [-0.39, 0.29) is 73.0 Å². The highest BCUT2D eigenvalue weighted by atomic mass is 35.5. The van der Waals surface area contributed by atoms with Crippen LogP contribution in [-0.4, -0.2) is 188 Å². The maximum atomic E-state index is 13.6. The molecule has 4 aromatic carbocycles. The van der Waals surface area contributed by atoms with Crippen LogP contribution in [0.15, 0.2) is 82.6 Å². The number of fused-ring (bicyclic) bond motifs is 2. The average molecular weight is 1290 g/mol. The van der Waals surface area contributed by atoms with Crippen LogP contribution < -0.4 is 50.8 Å². The van der Waals surface area contributed by atoms with E-state index in [0.29, 0.717) is 71.2 Å². The van der Waals surface area contributed by atoms with Crippen molar-refractivity contribution in [1.29, 1.82) is 10.5 Å². The first kappa shape index (κ1) is 64.2. The second kappa shape index (κ2) is 28.3. The van der Waals surface area contributed by atoms with Crippen LogP contribution in [0.1, 0.15) is 85.1 Å². The van der Waals surface area contributed by atoms with E-state index in [1.807, 2.05) is 12.1 Å². The van der Waals surface area contributed by atoms with Gasteiger partial charge in [0, 0.05) is 114 Å². The number of nitrogens with zero attached hydrogens (tertiary/aromatic N) is 6. The number of amides is 6. The number of rotatable bonds is 21. The summed E-state index contributed by atoms with van der Waals surface area (Å²) in [6.07, 6.45) is 2.10. The molecule has 24 nitrogen and oxygen atoms in total. The van der Waals surface area contributed by atoms with Crippen LogP contribution >= 0.6 is 23.2 Å². The Balaban J connectivity index is 0.598. The van der Waals surface area contributed by atoms with Gasteiger partial charge >= 0.3 is 12.1 Å². The summed E-state index contributed by atoms with van der Waals surface area (Å²) in [6.45, 7) is 11.0. The normalized spacial score (nSPS) is 22.8. The summed E-state index contributed by atoms with van der Waals surface area (Å²) in [5.74, 6) is 0.189. The van der Waals surface area contributed by atoms with Gasteiger partial charge in [0.05, 0.1) is 45.1 Å². The summed E-state index contributed by atoms with van der Waals surface area (Å²) < 4.78 is 72.8. The van der Waals surface area contributed by atoms with Crippen LogP contribution in [0.2, 0.25) is 10.0 Å². The van der Waals surface area contributed by atoms with E-state index in [2.05, 4.69) is 63.3 Å². The number of urea groups is 2. The first-order chi connectivity index (χ1) is 42.3. The minimum Gasteiger partial charge on any atom is -0.484 e. The van der Waals surface area contributed by atoms with Crippen molar-refractivity contribution in [2.24, 2.45) is 0 Å². The molecule has 2 aliphatic carbocycles. The van der Waals surface area contributed by atoms with Crippen molar-refractivity contribution in [2.75, 3.05) is 91.6 Å². The number of nitriles is 2. The van der Waals surface area contributed by atoms with Crippen molar-refractivity contribution in [1.82, 2.24) is 60.9 Å². The third kappa shape index (κ3) is 15.2. The monoisotopic (exact) mass is 1280 g/mol. The summed E-state index contributed by atoms with van der Waals surface area (Å²) in [6, 6.07) is 19.8. The topological polar surface area (TPSA) is 312 Å². The number of nitrogens with one attached hydrogen (secondary N) is 8. The van der Waals surface area contributed by atoms with Crippen LogP contribution in [0.5, 0.6) is 11.5 Å². The molecule has 6 aliphatic rings. The fraction of sp³-hybridized carbons (Fsp3) is 0.500. The molecule has 8 atom stereocenters. The lowest BCUT2D eigenvalue weighted by Gasteiger charge is -2.36. The Labute approximate surface area is 523 Å². The highest BCUT2D eigenvalue weighted by Gasteiger charge is 2.43. The molecule has 8 N–H and O–H groups in total. The second-order valence-electron chi connectivity index (χ2n) is 23.1. The lowest BCUT2D eigenvalue weighted by atomic mass is 10.0. The molecule has 0 bridgehead atoms. The third-order valence-electron chi connectivity index (χ3n) is 17.2. The highest BCUT2D eigenvalue weighted by molar-refractivity contribution is 7.89. The average Bonchev–Trinajstić information content (AvgIpc) is 2.40. The number of piperazine rings is 2. The third-order valence-corrected chi connectivity index (χ3v) is 20.7. The van der Waals surface area contributed by atoms with Gasteiger partial charge < -0.3 is 51.2 Å². The number of carbonyl (C=O) groups excluding carboxylic acids is 4. The SMILES string of the molecule is CC(NC(=O)NCCCCNC(=O)NC(C)C(=O)N1CC[C@H](NS(=O)(=O)c2ccc(O[C@H]3c4cc(Cl)cc(C#N)c4C[C@@H]3N3CCNCC3)cc2)C1)C(=O)N1CC[C@H](NS(=O)(=O)c2ccc(O[C@H]3c4cc(Cl)cc(C#N)c4C[C@@H]3N3CCNCC3)cc2)C1. The minimum atomic E-state index is -3.99. The van der Waals surface area contributed by atoms with E-state index in [1.165, 1.54) is 34.1 Å². The number of hydrogen-bond donors (Lipinski definition) is 8. The molecule has 10 rings (SSSR count). The standard InChI is InChI=1S/C60H74Cl2N14O10S2/c1-37(57(77)75-21-13-43(35-75)71-87(81,82)47-9-5-45(6-10-47)85-55-51-29-41(61)27-39(33-63)49(51)31-53(55)73-23-17-65-18-24-73)69-59(79)67-15-3-4-16-68-60(80)70-38(2)58(78)76-22-14-44(36-76)72-88(83,84)48-11-7-46(8-12-48)86-56-52-30-42(62)28-40(34-64)50(52)32-54(56)74-25-19-66-20-26-74/h5-12,27-30,37-38,43-44,53-56,65-66,71-72H,3-4,13-26,31-32,35-36H2,1-2H3,(H2,67,69,79)(H2,68,70,80)/t37?,38?,43-,44-,53-,54-,55-,56-/m0/s1. The van der Waals surface area contributed by atoms with Crippen molar-refractivity contribution in [3.63, 3.8) is 0 Å². The van der Waals surface area contributed by atoms with Crippen LogP contribution in [0.25, 0.3) is 0 Å². The number of sulfonamides is 2. The van der Waals surface area contributed by atoms with Gasteiger partial charge in [-0.05, 0) is 147 Å². The molecule has 6 amide bonds. The fourth-order valence-corrected chi connectivity index (χ4v) is 15.7. The summed E-state index contributed by atoms with van der Waals surface area (Å²) in [7, 11) is -7.98. The predicted octanol–water partition coefficient (Wildman–Crippen LogP) is 3.25. The van der Waals surface area contributed by atoms with E-state index < -0.39 is 68.5 Å². The summed E-state index contributed by atoms with van der Waals surface area (Å²) in [5, 5.41) is 38.1. The van der Waals surface area contributed by atoms with E-state index in [1.54, 1.807) is 50.2 Å². The number of unbranched alkanes of at least 4 members (excludes halogenated alkanes) is 1. The summed E-state index contributed by atoms with van der Waals surface area (Å²) in [5.41, 5.74) is 4.54. The molecule has 4 fully saturated rings. The minimum absolute atomic E-state index is 0.0296. The molecule has 0 spiro atoms. The van der Waals surface area contributed by atoms with Crippen LogP contribution in [0, 0.1) is 22.7 Å². The van der Waals surface area contributed by atoms with Crippen molar-refractivity contribution in [3.05, 3.63) is 116 Å². The second-order valence-corrected chi connectivity index (χ2v) is 27.4. The zero-order chi connectivity index (χ0) is 62.3. The summed E-state index contributed by atoms with van der Waals surface area (Å²) >= 11 is 12.9. The quantitative estimate of drug-likeness (QED) is 0.0556. The number of halogens is 2. The predicted molar refractivity (Wildman–Crippen MR) is 328 cm³/mol. The van der Waals surface area contributed by atoms with Gasteiger partial charge in [0.1, 0.15) is 35.8 Å². The molecule has 2 unspecified atom stereocenters. The number of ether oxygens (including phenoxy) is 2. The number of likely N-dealkylation sites (tertiary alicyclic amines) is 2. The Hall–Kier alpha value is -6.82. The van der Waals surface area contributed by atoms with Crippen molar-refractivity contribution in [3.8, 4) is 23.6 Å². The van der Waals surface area contributed by atoms with Crippen LogP contribution in [0.3, 0.4) is 0 Å². The van der Waals surface area contributed by atoms with Crippen molar-refractivity contribution in [2.45, 2.75) is 111 Å². The molecule has 0 saturated carbocycles. The Morgan fingerprint density at radius 3 is 1.33 bits per heavy atom. The van der Waals surface area contributed by atoms with E-state index in [0.717, 1.165) is 74.6 Å². The van der Waals surface area contributed by atoms with Gasteiger partial charge in [-0.3, -0.25) is 19.4 Å². The van der Waals surface area contributed by atoms with Crippen molar-refractivity contribution >= 4 is 67.1 Å². The van der Waals surface area contributed by atoms with Gasteiger partial charge in [0.2, 0.25) is 31.9 Å². The van der Waals surface area contributed by atoms with E-state index in [4.69, 9.17) is 32.7 Å². The zero-order valence-corrected chi connectivity index (χ0v) is 52.2. The molecule has 4 heterocycles. The largest absolute Gasteiger partial charge is 0.484 e. The van der Waals surface area contributed by atoms with Gasteiger partial charge in [-0.2, -0.15) is 10.5 Å². The number of hydrogen-bond acceptors (Lipinski definition) is 16. The number of benzene rings is 4. The molecule has 28 heteroatoms. The molecule has 470 valence electrons. The Morgan fingerprint density at radius 1 is 0.591 bits per heavy atom. The highest BCUT2D eigenvalue weighted by Crippen LogP contribution is 2.43. The fourth-order valence-electron chi connectivity index (χ4n) is 12.7. The lowest BCUT2D eigenvalue weighted by molar-refractivity contribution is -0.132. The van der Waals surface area contributed by atoms with Gasteiger partial charge in [-0.15, -0.1) is 0 Å². The molecule has 4 aliphatic heterocycles. The smallest absolute Gasteiger partial charge is 0.315 e. The lowest BCUT2D eigenvalue weighted by Crippen LogP contribution is -2.50. The summed E-state index contributed by atoms with van der Waals surface area (Å²) in [4.78, 5) is 60.0. The zero-order valence-electron chi connectivity index (χ0n) is 49.0. The molecular weight excluding hydrogens is 1210 g/mol. The Kier molecular flexibility index (Phi) is 20.7. The molecule has 4 aromatic rings. The first-order valence-corrected chi connectivity index (χ1v) is 33.6. The van der Waals surface area contributed by atoms with E-state index in [9.17, 15) is 46.5 Å². The molecule has 0 radical (unpaired) electrons. The Bertz CT molecular complexity index is 3310. The first-order valence-electron chi connectivity index (χ1n) is 29.9. The maximum absolute atomic E-state index is 13.6. The maximum Gasteiger partial charge on any atom is 0.315 e. The van der Waals surface area contributed by atoms with E-state index >= 15 is 0 Å². The molecule has 4 saturated heterocycles. The molecular formula is C60H74Cl2N14O10S2. The van der Waals surface area contributed by atoms with Crippen LogP contribution in [0.4, 0.5) is 9.59 Å². The van der Waals surface area contributed by atoms with Gasteiger partial charge in [0.15, 0.2) is 0 Å². The molecule has 0 aromatic heterocycles. The van der Waals surface area contributed by atoms with Crippen molar-refractivity contribution < 1.29 is 45.5 Å². The van der Waals surface area contributed by atoms with Gasteiger partial charge in [0.25, 0.3) is 0 Å². The molecule has 88 heavy (non-hydrogen) atoms. The van der Waals surface area contributed by atoms with Crippen LogP contribution in [-0.2, 0) is 42.5 Å². The number of carbonyl (C=O) groups is 4. The Morgan fingerprint density at radius 2 is 0.966 bits per heavy atom. The van der Waals surface area contributed by atoms with Gasteiger partial charge in [-0.1, -0.05) is 23.2 Å².